The number of nitrogens with two attached hydrogens (primary N) is 1. The first kappa shape index (κ1) is 42.0. The summed E-state index contributed by atoms with van der Waals surface area (Å²) in [7, 11) is 0. The fraction of sp³-hybridized carbons (Fsp3) is 0.702. The molecule has 1 aromatic heterocycles. The predicted octanol–water partition coefficient (Wildman–Crippen LogP) is 9.20. The van der Waals surface area contributed by atoms with E-state index in [9.17, 15) is 24.3 Å². The Morgan fingerprint density at radius 1 is 0.947 bits per heavy atom. The first-order valence-corrected chi connectivity index (χ1v) is 21.9. The maximum absolute atomic E-state index is 14.6. The SMILES string of the molecule is Cc1c([C@@]23CC[C@]4(C)[C@H](CC[C@@H]5[C@@]6(C)CC[C@H](OC(=O)CC(C)(C)C(=O)O)C(C)(C)[C@@H]6CC[C@]54C)C2=C(C(C)C)C(=O)C3)n(CCN)n(-c2ccc(Cl)cc2)c1=O. The second-order valence-corrected chi connectivity index (χ2v) is 21.4. The monoisotopic (exact) mass is 803 g/mol. The fourth-order valence-corrected chi connectivity index (χ4v) is 14.3. The number of halogens is 1. The summed E-state index contributed by atoms with van der Waals surface area (Å²) in [5, 5.41) is 10.3. The summed E-state index contributed by atoms with van der Waals surface area (Å²) in [5.41, 5.74) is 8.81. The summed E-state index contributed by atoms with van der Waals surface area (Å²) in [4.78, 5) is 53.9. The van der Waals surface area contributed by atoms with E-state index in [1.165, 1.54) is 5.57 Å². The number of rotatable bonds is 9. The maximum atomic E-state index is 14.6. The summed E-state index contributed by atoms with van der Waals surface area (Å²) in [6.07, 6.45) is 7.54. The number of ether oxygens (including phenoxy) is 1. The van der Waals surface area contributed by atoms with Gasteiger partial charge in [-0.2, -0.15) is 0 Å². The largest absolute Gasteiger partial charge is 0.481 e. The van der Waals surface area contributed by atoms with Gasteiger partial charge in [-0.3, -0.25) is 23.9 Å². The number of hydrogen-bond donors (Lipinski definition) is 2. The molecule has 5 aliphatic rings. The second kappa shape index (κ2) is 14.0. The molecule has 7 rings (SSSR count). The van der Waals surface area contributed by atoms with Crippen molar-refractivity contribution >= 4 is 29.3 Å². The van der Waals surface area contributed by atoms with Crippen LogP contribution in [-0.2, 0) is 31.1 Å². The van der Waals surface area contributed by atoms with E-state index in [1.54, 1.807) is 30.7 Å². The zero-order chi connectivity index (χ0) is 41.8. The van der Waals surface area contributed by atoms with E-state index in [0.717, 1.165) is 68.3 Å². The molecule has 10 heteroatoms. The van der Waals surface area contributed by atoms with Crippen LogP contribution in [-0.4, -0.2) is 44.8 Å². The van der Waals surface area contributed by atoms with Gasteiger partial charge in [0, 0.05) is 34.4 Å². The van der Waals surface area contributed by atoms with E-state index in [2.05, 4.69) is 53.1 Å². The Bertz CT molecular complexity index is 2080. The molecule has 4 fully saturated rings. The summed E-state index contributed by atoms with van der Waals surface area (Å²) in [5.74, 6) is -0.173. The predicted molar refractivity (Wildman–Crippen MR) is 223 cm³/mol. The number of nitrogens with zero attached hydrogens (tertiary/aromatic N) is 2. The van der Waals surface area contributed by atoms with Crippen LogP contribution in [0.15, 0.2) is 40.2 Å². The van der Waals surface area contributed by atoms with Crippen molar-refractivity contribution in [3.05, 3.63) is 62.0 Å². The fourth-order valence-electron chi connectivity index (χ4n) is 14.2. The van der Waals surface area contributed by atoms with Crippen molar-refractivity contribution in [2.24, 2.45) is 56.5 Å². The molecule has 4 saturated carbocycles. The molecule has 9 nitrogen and oxygen atoms in total. The number of hydrogen-bond acceptors (Lipinski definition) is 6. The van der Waals surface area contributed by atoms with Crippen LogP contribution >= 0.6 is 11.6 Å². The third-order valence-corrected chi connectivity index (χ3v) is 17.3. The smallest absolute Gasteiger partial charge is 0.309 e. The van der Waals surface area contributed by atoms with Gasteiger partial charge in [0.05, 0.1) is 29.8 Å². The molecule has 0 saturated heterocycles. The molecule has 2 aromatic rings. The molecular weight excluding hydrogens is 738 g/mol. The Morgan fingerprint density at radius 3 is 2.23 bits per heavy atom. The minimum atomic E-state index is -1.18. The zero-order valence-corrected chi connectivity index (χ0v) is 36.8. The number of fused-ring (bicyclic) bond motifs is 7. The van der Waals surface area contributed by atoms with Crippen molar-refractivity contribution < 1.29 is 24.2 Å². The minimum Gasteiger partial charge on any atom is -0.481 e. The van der Waals surface area contributed by atoms with Gasteiger partial charge in [0.15, 0.2) is 5.78 Å². The number of carbonyl (C=O) groups is 3. The average molecular weight is 805 g/mol. The van der Waals surface area contributed by atoms with Crippen LogP contribution < -0.4 is 11.3 Å². The number of carboxylic acids is 1. The van der Waals surface area contributed by atoms with Crippen molar-refractivity contribution in [1.82, 2.24) is 9.36 Å². The van der Waals surface area contributed by atoms with Crippen LogP contribution in [0.5, 0.6) is 0 Å². The third kappa shape index (κ3) is 6.00. The van der Waals surface area contributed by atoms with E-state index >= 15 is 0 Å². The summed E-state index contributed by atoms with van der Waals surface area (Å²) < 4.78 is 10.0. The molecule has 312 valence electrons. The Labute approximate surface area is 344 Å². The van der Waals surface area contributed by atoms with E-state index in [4.69, 9.17) is 22.1 Å². The van der Waals surface area contributed by atoms with E-state index in [1.807, 2.05) is 19.1 Å². The van der Waals surface area contributed by atoms with Crippen molar-refractivity contribution in [2.75, 3.05) is 6.54 Å². The summed E-state index contributed by atoms with van der Waals surface area (Å²) >= 11 is 6.29. The zero-order valence-electron chi connectivity index (χ0n) is 36.0. The van der Waals surface area contributed by atoms with Crippen LogP contribution in [0.2, 0.25) is 5.02 Å². The molecule has 57 heavy (non-hydrogen) atoms. The lowest BCUT2D eigenvalue weighted by Crippen LogP contribution is -2.66. The first-order valence-electron chi connectivity index (χ1n) is 21.5. The van der Waals surface area contributed by atoms with Crippen LogP contribution in [0.3, 0.4) is 0 Å². The number of aliphatic carboxylic acids is 1. The Balaban J connectivity index is 1.28. The van der Waals surface area contributed by atoms with Gasteiger partial charge < -0.3 is 15.6 Å². The van der Waals surface area contributed by atoms with Gasteiger partial charge in [0.25, 0.3) is 5.56 Å². The normalized spacial score (nSPS) is 34.7. The minimum absolute atomic E-state index is 0.000365. The summed E-state index contributed by atoms with van der Waals surface area (Å²) in [6.45, 7) is 22.4. The number of ketones is 1. The number of benzene rings is 1. The van der Waals surface area contributed by atoms with Gasteiger partial charge in [-0.05, 0) is 147 Å². The average Bonchev–Trinajstić information content (AvgIpc) is 3.56. The van der Waals surface area contributed by atoms with Crippen molar-refractivity contribution in [1.29, 1.82) is 0 Å². The number of carboxylic acid groups (broad SMARTS) is 1. The second-order valence-electron chi connectivity index (χ2n) is 21.0. The first-order chi connectivity index (χ1) is 26.5. The van der Waals surface area contributed by atoms with Crippen LogP contribution in [0.4, 0.5) is 0 Å². The van der Waals surface area contributed by atoms with Crippen LogP contribution in [0.1, 0.15) is 138 Å². The molecule has 0 bridgehead atoms. The Kier molecular flexibility index (Phi) is 10.3. The molecule has 0 spiro atoms. The lowest BCUT2D eigenvalue weighted by atomic mass is 9.33. The van der Waals surface area contributed by atoms with E-state index < -0.39 is 22.8 Å². The number of aromatic nitrogens is 2. The van der Waals surface area contributed by atoms with Gasteiger partial charge in [-0.1, -0.05) is 60.1 Å². The Morgan fingerprint density at radius 2 is 1.61 bits per heavy atom. The maximum Gasteiger partial charge on any atom is 0.309 e. The molecule has 8 atom stereocenters. The third-order valence-electron chi connectivity index (χ3n) is 17.0. The lowest BCUT2D eigenvalue weighted by Gasteiger charge is -2.72. The number of carbonyl (C=O) groups excluding carboxylic acids is 2. The molecule has 0 aliphatic heterocycles. The van der Waals surface area contributed by atoms with E-state index in [0.29, 0.717) is 41.9 Å². The molecule has 0 amide bonds. The molecular formula is C47H66ClN3O6. The molecule has 3 N–H and O–H groups in total. The van der Waals surface area contributed by atoms with Crippen LogP contribution in [0.25, 0.3) is 5.69 Å². The highest BCUT2D eigenvalue weighted by molar-refractivity contribution is 6.30. The molecule has 5 aliphatic carbocycles. The van der Waals surface area contributed by atoms with Gasteiger partial charge >= 0.3 is 11.9 Å². The number of allylic oxidation sites excluding steroid dienone is 2. The molecule has 1 heterocycles. The highest BCUT2D eigenvalue weighted by atomic mass is 35.5. The highest BCUT2D eigenvalue weighted by Gasteiger charge is 2.71. The van der Waals surface area contributed by atoms with Gasteiger partial charge in [0.2, 0.25) is 0 Å². The topological polar surface area (TPSA) is 134 Å². The number of Topliss-reactive ketones (excluding diaryl/α,β-unsaturated/α-hetero) is 1. The van der Waals surface area contributed by atoms with E-state index in [-0.39, 0.29) is 57.4 Å². The van der Waals surface area contributed by atoms with Crippen molar-refractivity contribution in [2.45, 2.75) is 152 Å². The number of esters is 1. The highest BCUT2D eigenvalue weighted by Crippen LogP contribution is 2.77. The van der Waals surface area contributed by atoms with Crippen molar-refractivity contribution in [3.8, 4) is 5.69 Å². The quantitative estimate of drug-likeness (QED) is 0.242. The van der Waals surface area contributed by atoms with Crippen LogP contribution in [0, 0.1) is 57.7 Å². The van der Waals surface area contributed by atoms with Gasteiger partial charge in [-0.25, -0.2) is 4.68 Å². The summed E-state index contributed by atoms with van der Waals surface area (Å²) in [6, 6.07) is 7.37. The lowest BCUT2D eigenvalue weighted by molar-refractivity contribution is -0.232. The van der Waals surface area contributed by atoms with Gasteiger partial charge in [-0.15, -0.1) is 0 Å². The molecule has 0 unspecified atom stereocenters. The van der Waals surface area contributed by atoms with Crippen molar-refractivity contribution in [3.63, 3.8) is 0 Å². The molecule has 0 radical (unpaired) electrons. The van der Waals surface area contributed by atoms with Gasteiger partial charge in [0.1, 0.15) is 6.10 Å². The molecule has 1 aromatic carbocycles. The standard InChI is InChI=1S/C47H66ClN3O6/c1-27(2)37-32(52)25-47(39-28(3)40(54)51(50(39)24-23-49)30-13-11-29(48)12-14-30)22-21-45(9)31(38(37)47)15-16-34-44(8)19-18-35(57-36(53)26-42(4,5)41(55)56)43(6,7)33(44)17-20-46(34,45)10/h11-14,27,31,33-35H,15-26,49H2,1-10H3,(H,55,56)/t31-,33+,34-,35+,44+,45-,46-,47-/m1/s1. The Hall–Kier alpha value is -3.17.